The quantitative estimate of drug-likeness (QED) is 0.468. The molecule has 1 aliphatic rings. The fraction of sp³-hybridized carbons (Fsp3) is 0.200. The highest BCUT2D eigenvalue weighted by Gasteiger charge is 2.46. The van der Waals surface area contributed by atoms with Crippen LogP contribution in [0.2, 0.25) is 5.02 Å². The molecule has 2 aromatic carbocycles. The summed E-state index contributed by atoms with van der Waals surface area (Å²) in [5.41, 5.74) is 0.809. The number of likely N-dealkylation sites (tertiary alicyclic amines) is 1. The van der Waals surface area contributed by atoms with E-state index in [4.69, 9.17) is 16.3 Å². The summed E-state index contributed by atoms with van der Waals surface area (Å²) in [6.07, 6.45) is 0. The maximum Gasteiger partial charge on any atom is 0.295 e. The lowest BCUT2D eigenvalue weighted by molar-refractivity contribution is -0.140. The van der Waals surface area contributed by atoms with Gasteiger partial charge in [-0.25, -0.2) is 0 Å². The number of Topliss-reactive ketones (excluding diaryl/α,β-unsaturated/α-hetero) is 1. The highest BCUT2D eigenvalue weighted by molar-refractivity contribution is 6.47. The fourth-order valence-corrected chi connectivity index (χ4v) is 3.38. The van der Waals surface area contributed by atoms with Gasteiger partial charge in [-0.3, -0.25) is 9.59 Å². The van der Waals surface area contributed by atoms with Crippen LogP contribution in [0.4, 0.5) is 0 Å². The van der Waals surface area contributed by atoms with Crippen molar-refractivity contribution in [1.29, 1.82) is 0 Å². The zero-order chi connectivity index (χ0) is 19.6. The number of carbonyl (C=O) groups is 2. The summed E-state index contributed by atoms with van der Waals surface area (Å²) in [6.45, 7) is -0.379. The van der Waals surface area contributed by atoms with E-state index >= 15 is 0 Å². The first kappa shape index (κ1) is 18.9. The number of methoxy groups -OCH3 is 1. The number of amides is 1. The molecule has 2 aromatic rings. The van der Waals surface area contributed by atoms with E-state index in [-0.39, 0.29) is 24.5 Å². The number of ketones is 1. The van der Waals surface area contributed by atoms with Crippen molar-refractivity contribution in [3.05, 3.63) is 70.3 Å². The molecule has 1 amide bonds. The monoisotopic (exact) mass is 387 g/mol. The first-order valence-electron chi connectivity index (χ1n) is 8.27. The summed E-state index contributed by atoms with van der Waals surface area (Å²) < 4.78 is 5.10. The Kier molecular flexibility index (Phi) is 5.48. The lowest BCUT2D eigenvalue weighted by atomic mass is 9.95. The third kappa shape index (κ3) is 3.41. The van der Waals surface area contributed by atoms with E-state index in [1.807, 2.05) is 0 Å². The number of rotatable bonds is 5. The summed E-state index contributed by atoms with van der Waals surface area (Å²) in [5, 5.41) is 20.5. The van der Waals surface area contributed by atoms with Gasteiger partial charge in [0.15, 0.2) is 0 Å². The lowest BCUT2D eigenvalue weighted by Crippen LogP contribution is -2.32. The van der Waals surface area contributed by atoms with Crippen molar-refractivity contribution in [2.45, 2.75) is 6.04 Å². The molecule has 6 nitrogen and oxygen atoms in total. The number of hydrogen-bond donors (Lipinski definition) is 2. The molecular formula is C20H18ClNO5. The van der Waals surface area contributed by atoms with E-state index in [1.165, 1.54) is 12.0 Å². The number of aliphatic hydroxyl groups is 2. The first-order valence-corrected chi connectivity index (χ1v) is 8.65. The second-order valence-corrected chi connectivity index (χ2v) is 6.37. The average Bonchev–Trinajstić information content (AvgIpc) is 2.93. The SMILES string of the molecule is COc1ccc(/C(O)=C2/C(=O)C(=O)N(CCO)C2c2ccccc2Cl)cc1. The van der Waals surface area contributed by atoms with E-state index in [0.29, 0.717) is 21.9 Å². The van der Waals surface area contributed by atoms with Crippen LogP contribution in [-0.2, 0) is 9.59 Å². The number of hydrogen-bond acceptors (Lipinski definition) is 5. The molecule has 1 aliphatic heterocycles. The Labute approximate surface area is 161 Å². The Bertz CT molecular complexity index is 907. The van der Waals surface area contributed by atoms with Gasteiger partial charge >= 0.3 is 0 Å². The number of β-amino-alcohol motifs (C(OH)–C–C–N with tert-alkyl or cyclic N) is 1. The van der Waals surface area contributed by atoms with Crippen molar-refractivity contribution in [2.24, 2.45) is 0 Å². The van der Waals surface area contributed by atoms with Crippen molar-refractivity contribution >= 4 is 29.1 Å². The second kappa shape index (κ2) is 7.82. The van der Waals surface area contributed by atoms with Crippen molar-refractivity contribution in [3.8, 4) is 5.75 Å². The second-order valence-electron chi connectivity index (χ2n) is 5.97. The molecule has 140 valence electrons. The molecule has 1 saturated heterocycles. The van der Waals surface area contributed by atoms with Gasteiger partial charge in [0.25, 0.3) is 11.7 Å². The minimum atomic E-state index is -0.882. The predicted octanol–water partition coefficient (Wildman–Crippen LogP) is 2.76. The van der Waals surface area contributed by atoms with Gasteiger partial charge < -0.3 is 19.8 Å². The molecule has 0 saturated carbocycles. The molecule has 1 unspecified atom stereocenters. The molecule has 0 bridgehead atoms. The molecule has 0 aliphatic carbocycles. The molecule has 1 fully saturated rings. The van der Waals surface area contributed by atoms with Crippen molar-refractivity contribution in [3.63, 3.8) is 0 Å². The third-order valence-electron chi connectivity index (χ3n) is 4.44. The van der Waals surface area contributed by atoms with Crippen LogP contribution in [0.3, 0.4) is 0 Å². The fourth-order valence-electron chi connectivity index (χ4n) is 3.14. The maximum absolute atomic E-state index is 12.7. The van der Waals surface area contributed by atoms with Gasteiger partial charge in [0.05, 0.1) is 25.3 Å². The summed E-state index contributed by atoms with van der Waals surface area (Å²) in [5.74, 6) is -1.32. The summed E-state index contributed by atoms with van der Waals surface area (Å²) in [6, 6.07) is 12.4. The van der Waals surface area contributed by atoms with Crippen molar-refractivity contribution < 1.29 is 24.5 Å². The van der Waals surface area contributed by atoms with Gasteiger partial charge in [0.2, 0.25) is 0 Å². The third-order valence-corrected chi connectivity index (χ3v) is 4.79. The van der Waals surface area contributed by atoms with Crippen LogP contribution in [0.15, 0.2) is 54.1 Å². The number of benzene rings is 2. The van der Waals surface area contributed by atoms with Crippen LogP contribution in [0.25, 0.3) is 5.76 Å². The molecule has 2 N–H and O–H groups in total. The first-order chi connectivity index (χ1) is 13.0. The van der Waals surface area contributed by atoms with Gasteiger partial charge in [0.1, 0.15) is 11.5 Å². The Morgan fingerprint density at radius 3 is 2.41 bits per heavy atom. The highest BCUT2D eigenvalue weighted by atomic mass is 35.5. The van der Waals surface area contributed by atoms with Crippen LogP contribution in [0.5, 0.6) is 5.75 Å². The number of ether oxygens (including phenoxy) is 1. The van der Waals surface area contributed by atoms with E-state index < -0.39 is 17.7 Å². The van der Waals surface area contributed by atoms with Gasteiger partial charge in [-0.05, 0) is 35.9 Å². The molecule has 0 aromatic heterocycles. The number of aliphatic hydroxyl groups excluding tert-OH is 2. The van der Waals surface area contributed by atoms with Crippen LogP contribution < -0.4 is 4.74 Å². The van der Waals surface area contributed by atoms with Crippen molar-refractivity contribution in [1.82, 2.24) is 4.90 Å². The topological polar surface area (TPSA) is 87.1 Å². The summed E-state index contributed by atoms with van der Waals surface area (Å²) >= 11 is 6.29. The Hall–Kier alpha value is -2.83. The smallest absolute Gasteiger partial charge is 0.295 e. The average molecular weight is 388 g/mol. The van der Waals surface area contributed by atoms with Gasteiger partial charge in [-0.1, -0.05) is 29.8 Å². The maximum atomic E-state index is 12.7. The largest absolute Gasteiger partial charge is 0.507 e. The van der Waals surface area contributed by atoms with Crippen LogP contribution >= 0.6 is 11.6 Å². The number of carbonyl (C=O) groups excluding carboxylic acids is 2. The Morgan fingerprint density at radius 1 is 1.15 bits per heavy atom. The van der Waals surface area contributed by atoms with Gasteiger partial charge in [-0.2, -0.15) is 0 Å². The zero-order valence-electron chi connectivity index (χ0n) is 14.6. The van der Waals surface area contributed by atoms with Crippen LogP contribution in [-0.4, -0.2) is 47.1 Å². The molecule has 1 atom stereocenters. The van der Waals surface area contributed by atoms with E-state index in [2.05, 4.69) is 0 Å². The molecule has 3 rings (SSSR count). The number of halogens is 1. The molecule has 0 spiro atoms. The van der Waals surface area contributed by atoms with E-state index in [1.54, 1.807) is 48.5 Å². The number of nitrogens with zero attached hydrogens (tertiary/aromatic N) is 1. The molecule has 1 heterocycles. The van der Waals surface area contributed by atoms with Crippen LogP contribution in [0, 0.1) is 0 Å². The Morgan fingerprint density at radius 2 is 1.81 bits per heavy atom. The normalized spacial score (nSPS) is 18.8. The molecule has 7 heteroatoms. The van der Waals surface area contributed by atoms with Crippen molar-refractivity contribution in [2.75, 3.05) is 20.3 Å². The summed E-state index contributed by atoms with van der Waals surface area (Å²) in [4.78, 5) is 26.4. The standard InChI is InChI=1S/C20H18ClNO5/c1-27-13-8-6-12(7-9-13)18(24)16-17(14-4-2-3-5-15(14)21)22(10-11-23)20(26)19(16)25/h2-9,17,23-24H,10-11H2,1H3/b18-16-. The van der Waals surface area contributed by atoms with Gasteiger partial charge in [-0.15, -0.1) is 0 Å². The Balaban J connectivity index is 2.18. The molecule has 27 heavy (non-hydrogen) atoms. The van der Waals surface area contributed by atoms with E-state index in [9.17, 15) is 19.8 Å². The van der Waals surface area contributed by atoms with E-state index in [0.717, 1.165) is 0 Å². The highest BCUT2D eigenvalue weighted by Crippen LogP contribution is 2.41. The summed E-state index contributed by atoms with van der Waals surface area (Å²) in [7, 11) is 1.52. The zero-order valence-corrected chi connectivity index (χ0v) is 15.3. The van der Waals surface area contributed by atoms with Gasteiger partial charge in [0, 0.05) is 17.1 Å². The molecular weight excluding hydrogens is 370 g/mol. The predicted molar refractivity (Wildman–Crippen MR) is 101 cm³/mol. The van der Waals surface area contributed by atoms with Crippen LogP contribution in [0.1, 0.15) is 17.2 Å². The minimum absolute atomic E-state index is 0.0557. The minimum Gasteiger partial charge on any atom is -0.507 e. The molecule has 0 radical (unpaired) electrons. The lowest BCUT2D eigenvalue weighted by Gasteiger charge is -2.25.